The lowest BCUT2D eigenvalue weighted by Crippen LogP contribution is -2.17. The van der Waals surface area contributed by atoms with Gasteiger partial charge in [0.1, 0.15) is 5.82 Å². The van der Waals surface area contributed by atoms with Crippen LogP contribution in [0.25, 0.3) is 0 Å². The van der Waals surface area contributed by atoms with Crippen LogP contribution in [-0.4, -0.2) is 33.8 Å². The Morgan fingerprint density at radius 1 is 1.24 bits per heavy atom. The molecule has 0 fully saturated rings. The predicted octanol–water partition coefficient (Wildman–Crippen LogP) is 4.15. The number of aromatic nitrogens is 2. The number of benzene rings is 1. The molecule has 5 nitrogen and oxygen atoms in total. The van der Waals surface area contributed by atoms with Crippen LogP contribution in [0.5, 0.6) is 0 Å². The first-order valence-electron chi connectivity index (χ1n) is 7.47. The van der Waals surface area contributed by atoms with Gasteiger partial charge in [0.15, 0.2) is 4.34 Å². The van der Waals surface area contributed by atoms with E-state index in [1.54, 1.807) is 29.5 Å². The summed E-state index contributed by atoms with van der Waals surface area (Å²) in [5, 5.41) is 23.4. The first kappa shape index (κ1) is 18.3. The number of thiophene rings is 1. The first-order valence-corrected chi connectivity index (χ1v) is 10.1. The van der Waals surface area contributed by atoms with E-state index in [1.165, 1.54) is 29.2 Å². The van der Waals surface area contributed by atoms with E-state index in [1.807, 2.05) is 17.5 Å². The molecular formula is C16H16FN3O2S3. The average Bonchev–Trinajstić information content (AvgIpc) is 3.27. The number of nitrogens with zero attached hydrogens (tertiary/aromatic N) is 2. The van der Waals surface area contributed by atoms with Gasteiger partial charge >= 0.3 is 0 Å². The molecule has 0 spiro atoms. The minimum Gasteiger partial charge on any atom is -0.390 e. The van der Waals surface area contributed by atoms with Crippen LogP contribution in [-0.2, 0) is 11.3 Å². The van der Waals surface area contributed by atoms with Crippen molar-refractivity contribution in [2.45, 2.75) is 17.1 Å². The topological polar surface area (TPSA) is 67.3 Å². The van der Waals surface area contributed by atoms with E-state index in [9.17, 15) is 9.50 Å². The highest BCUT2D eigenvalue weighted by molar-refractivity contribution is 8.01. The van der Waals surface area contributed by atoms with Crippen LogP contribution >= 0.6 is 34.4 Å². The van der Waals surface area contributed by atoms with Gasteiger partial charge in [0.05, 0.1) is 25.0 Å². The summed E-state index contributed by atoms with van der Waals surface area (Å²) in [5.41, 5.74) is 0.359. The Kier molecular flexibility index (Phi) is 6.76. The van der Waals surface area contributed by atoms with Gasteiger partial charge in [-0.15, -0.1) is 21.5 Å². The normalized spacial score (nSPS) is 12.2. The summed E-state index contributed by atoms with van der Waals surface area (Å²) in [6.07, 6.45) is -0.586. The van der Waals surface area contributed by atoms with Crippen LogP contribution in [0.1, 0.15) is 4.88 Å². The third-order valence-corrected chi connectivity index (χ3v) is 6.02. The second-order valence-electron chi connectivity index (χ2n) is 5.04. The lowest BCUT2D eigenvalue weighted by atomic mass is 10.3. The molecule has 0 saturated carbocycles. The Bertz CT molecular complexity index is 783. The van der Waals surface area contributed by atoms with Crippen molar-refractivity contribution in [3.05, 3.63) is 52.5 Å². The van der Waals surface area contributed by atoms with Crippen molar-refractivity contribution < 1.29 is 14.2 Å². The maximum atomic E-state index is 13.6. The summed E-state index contributed by atoms with van der Waals surface area (Å²) >= 11 is 4.34. The lowest BCUT2D eigenvalue weighted by molar-refractivity contribution is 0.0409. The molecule has 0 aliphatic carbocycles. The fraction of sp³-hybridized carbons (Fsp3) is 0.250. The van der Waals surface area contributed by atoms with Crippen LogP contribution in [0.4, 0.5) is 15.2 Å². The largest absolute Gasteiger partial charge is 0.390 e. The van der Waals surface area contributed by atoms with Gasteiger partial charge in [0.2, 0.25) is 5.13 Å². The number of halogens is 1. The van der Waals surface area contributed by atoms with Crippen LogP contribution in [0.15, 0.2) is 46.1 Å². The molecule has 3 rings (SSSR count). The standard InChI is InChI=1S/C16H16FN3O2S3/c17-13-5-1-2-6-14(13)18-15-19-20-16(25-15)24-10-11(21)8-22-9-12-4-3-7-23-12/h1-7,11,21H,8-10H2,(H,18,19). The van der Waals surface area contributed by atoms with Gasteiger partial charge in [-0.1, -0.05) is 41.3 Å². The molecule has 1 unspecified atom stereocenters. The number of anilines is 2. The van der Waals surface area contributed by atoms with Crippen molar-refractivity contribution in [3.63, 3.8) is 0 Å². The number of para-hydroxylation sites is 1. The quantitative estimate of drug-likeness (QED) is 0.529. The summed E-state index contributed by atoms with van der Waals surface area (Å²) in [7, 11) is 0. The molecule has 0 bridgehead atoms. The lowest BCUT2D eigenvalue weighted by Gasteiger charge is -2.09. The molecule has 2 heterocycles. The number of aliphatic hydroxyl groups excluding tert-OH is 1. The maximum Gasteiger partial charge on any atom is 0.210 e. The van der Waals surface area contributed by atoms with E-state index in [0.717, 1.165) is 4.88 Å². The molecule has 0 radical (unpaired) electrons. The van der Waals surface area contributed by atoms with Crippen molar-refractivity contribution in [1.29, 1.82) is 0 Å². The SMILES string of the molecule is OC(COCc1cccs1)CSc1nnc(Nc2ccccc2F)s1. The molecule has 3 aromatic rings. The highest BCUT2D eigenvalue weighted by Gasteiger charge is 2.11. The van der Waals surface area contributed by atoms with Gasteiger partial charge in [-0.3, -0.25) is 0 Å². The van der Waals surface area contributed by atoms with Crippen molar-refractivity contribution in [3.8, 4) is 0 Å². The molecule has 0 aliphatic heterocycles. The number of hydrogen-bond donors (Lipinski definition) is 2. The van der Waals surface area contributed by atoms with Gasteiger partial charge in [-0.2, -0.15) is 0 Å². The Morgan fingerprint density at radius 3 is 2.92 bits per heavy atom. The summed E-state index contributed by atoms with van der Waals surface area (Å²) in [5.74, 6) is 0.115. The van der Waals surface area contributed by atoms with E-state index < -0.39 is 6.10 Å². The fourth-order valence-corrected chi connectivity index (χ4v) is 4.24. The predicted molar refractivity (Wildman–Crippen MR) is 100 cm³/mol. The molecule has 2 N–H and O–H groups in total. The van der Waals surface area contributed by atoms with E-state index in [-0.39, 0.29) is 12.4 Å². The zero-order valence-corrected chi connectivity index (χ0v) is 15.5. The molecule has 1 aromatic carbocycles. The number of nitrogens with one attached hydrogen (secondary N) is 1. The van der Waals surface area contributed by atoms with Crippen molar-refractivity contribution in [2.24, 2.45) is 0 Å². The first-order chi connectivity index (χ1) is 12.2. The molecule has 1 atom stereocenters. The number of thioether (sulfide) groups is 1. The smallest absolute Gasteiger partial charge is 0.210 e. The number of ether oxygens (including phenoxy) is 1. The Hall–Kier alpha value is -1.52. The van der Waals surface area contributed by atoms with Gasteiger partial charge in [0.25, 0.3) is 0 Å². The van der Waals surface area contributed by atoms with E-state index >= 15 is 0 Å². The zero-order chi connectivity index (χ0) is 17.5. The number of hydrogen-bond acceptors (Lipinski definition) is 8. The molecule has 2 aromatic heterocycles. The second kappa shape index (κ2) is 9.25. The molecule has 25 heavy (non-hydrogen) atoms. The maximum absolute atomic E-state index is 13.6. The number of rotatable bonds is 9. The minimum atomic E-state index is -0.586. The van der Waals surface area contributed by atoms with E-state index in [0.29, 0.717) is 27.5 Å². The monoisotopic (exact) mass is 397 g/mol. The fourth-order valence-electron chi connectivity index (χ4n) is 1.90. The zero-order valence-electron chi connectivity index (χ0n) is 13.1. The van der Waals surface area contributed by atoms with Crippen molar-refractivity contribution in [1.82, 2.24) is 10.2 Å². The molecular weight excluding hydrogens is 381 g/mol. The van der Waals surface area contributed by atoms with Crippen LogP contribution < -0.4 is 5.32 Å². The van der Waals surface area contributed by atoms with E-state index in [4.69, 9.17) is 4.74 Å². The van der Waals surface area contributed by atoms with E-state index in [2.05, 4.69) is 15.5 Å². The highest BCUT2D eigenvalue weighted by atomic mass is 32.2. The Labute approximate surface area is 156 Å². The molecule has 9 heteroatoms. The van der Waals surface area contributed by atoms with Crippen LogP contribution in [0.2, 0.25) is 0 Å². The second-order valence-corrected chi connectivity index (χ2v) is 8.31. The Balaban J connectivity index is 1.41. The van der Waals surface area contributed by atoms with Gasteiger partial charge in [-0.25, -0.2) is 4.39 Å². The summed E-state index contributed by atoms with van der Waals surface area (Å²) in [4.78, 5) is 1.13. The molecule has 0 saturated heterocycles. The average molecular weight is 398 g/mol. The van der Waals surface area contributed by atoms with Gasteiger partial charge in [0, 0.05) is 10.6 Å². The summed E-state index contributed by atoms with van der Waals surface area (Å²) in [6, 6.07) is 10.4. The summed E-state index contributed by atoms with van der Waals surface area (Å²) in [6.45, 7) is 0.777. The van der Waals surface area contributed by atoms with Crippen molar-refractivity contribution >= 4 is 45.3 Å². The minimum absolute atomic E-state index is 0.268. The van der Waals surface area contributed by atoms with Crippen molar-refractivity contribution in [2.75, 3.05) is 17.7 Å². The summed E-state index contributed by atoms with van der Waals surface area (Å²) < 4.78 is 19.8. The third-order valence-electron chi connectivity index (χ3n) is 3.06. The van der Waals surface area contributed by atoms with Crippen LogP contribution in [0.3, 0.4) is 0 Å². The molecule has 0 aliphatic rings. The third kappa shape index (κ3) is 5.75. The molecule has 132 valence electrons. The highest BCUT2D eigenvalue weighted by Crippen LogP contribution is 2.28. The number of aliphatic hydroxyl groups is 1. The Morgan fingerprint density at radius 2 is 2.12 bits per heavy atom. The molecule has 0 amide bonds. The van der Waals surface area contributed by atoms with Gasteiger partial charge in [-0.05, 0) is 23.6 Å². The van der Waals surface area contributed by atoms with Crippen LogP contribution in [0, 0.1) is 5.82 Å². The van der Waals surface area contributed by atoms with Gasteiger partial charge < -0.3 is 15.2 Å².